The second-order valence-electron chi connectivity index (χ2n) is 6.20. The lowest BCUT2D eigenvalue weighted by molar-refractivity contribution is -0.152. The highest BCUT2D eigenvalue weighted by molar-refractivity contribution is 7.80. The number of nitrogens with zero attached hydrogens (tertiary/aromatic N) is 1. The van der Waals surface area contributed by atoms with E-state index in [1.807, 2.05) is 0 Å². The Labute approximate surface area is 158 Å². The number of rotatable bonds is 8. The molecule has 0 radical (unpaired) electrons. The third-order valence-corrected chi connectivity index (χ3v) is 3.57. The van der Waals surface area contributed by atoms with Crippen molar-refractivity contribution < 1.29 is 42.5 Å². The van der Waals surface area contributed by atoms with Gasteiger partial charge in [0.25, 0.3) is 0 Å². The molecule has 0 saturated carbocycles. The molecule has 0 aliphatic carbocycles. The van der Waals surface area contributed by atoms with Gasteiger partial charge < -0.3 is 23.9 Å². The van der Waals surface area contributed by atoms with Gasteiger partial charge in [0.05, 0.1) is 18.4 Å². The third-order valence-electron chi connectivity index (χ3n) is 2.88. The van der Waals surface area contributed by atoms with Crippen LogP contribution in [0.25, 0.3) is 0 Å². The van der Waals surface area contributed by atoms with Crippen LogP contribution in [0.5, 0.6) is 5.75 Å². The normalized spacial score (nSPS) is 12.0. The Balaban J connectivity index is 3.18. The Kier molecular flexibility index (Phi) is 7.73. The monoisotopic (exact) mass is 402 g/mol. The quantitative estimate of drug-likeness (QED) is 0.495. The van der Waals surface area contributed by atoms with Gasteiger partial charge in [-0.3, -0.25) is 13.3 Å². The summed E-state index contributed by atoms with van der Waals surface area (Å²) in [7, 11) is 1.28. The van der Waals surface area contributed by atoms with Gasteiger partial charge >= 0.3 is 17.9 Å². The van der Waals surface area contributed by atoms with E-state index in [0.717, 1.165) is 6.07 Å². The summed E-state index contributed by atoms with van der Waals surface area (Å²) in [6, 6.07) is 3.68. The van der Waals surface area contributed by atoms with E-state index in [4.69, 9.17) is 14.6 Å². The number of methoxy groups -OCH3 is 1. The fourth-order valence-corrected chi connectivity index (χ4v) is 2.45. The van der Waals surface area contributed by atoms with Crippen LogP contribution in [0.3, 0.4) is 0 Å². The van der Waals surface area contributed by atoms with Crippen LogP contribution < -0.4 is 9.04 Å². The fraction of sp³-hybridized carbons (Fsp3) is 0.438. The predicted octanol–water partition coefficient (Wildman–Crippen LogP) is 0.879. The molecule has 0 spiro atoms. The first-order valence-corrected chi connectivity index (χ1v) is 8.63. The zero-order chi connectivity index (χ0) is 20.8. The molecule has 1 unspecified atom stereocenters. The second kappa shape index (κ2) is 9.33. The topological polar surface area (TPSA) is 142 Å². The number of carbonyl (C=O) groups is 3. The first-order chi connectivity index (χ1) is 12.4. The van der Waals surface area contributed by atoms with Gasteiger partial charge in [-0.1, -0.05) is 0 Å². The molecule has 1 atom stereocenters. The van der Waals surface area contributed by atoms with Gasteiger partial charge in [-0.2, -0.15) is 0 Å². The summed E-state index contributed by atoms with van der Waals surface area (Å²) < 4.78 is 38.7. The number of aliphatic carboxylic acids is 1. The summed E-state index contributed by atoms with van der Waals surface area (Å²) in [5.74, 6) is -3.07. The van der Waals surface area contributed by atoms with E-state index < -0.39 is 47.9 Å². The van der Waals surface area contributed by atoms with Gasteiger partial charge in [-0.05, 0) is 39.0 Å². The van der Waals surface area contributed by atoms with Crippen LogP contribution in [0.15, 0.2) is 18.2 Å². The lowest BCUT2D eigenvalue weighted by Gasteiger charge is -2.29. The molecular formula is C16H20NO9S-. The van der Waals surface area contributed by atoms with Gasteiger partial charge in [-0.15, -0.1) is 0 Å². The average Bonchev–Trinajstić information content (AvgIpc) is 2.55. The minimum absolute atomic E-state index is 0.0672. The van der Waals surface area contributed by atoms with Crippen LogP contribution in [-0.2, 0) is 30.3 Å². The summed E-state index contributed by atoms with van der Waals surface area (Å²) in [6.45, 7) is 3.38. The number of esters is 2. The van der Waals surface area contributed by atoms with Crippen molar-refractivity contribution in [2.24, 2.45) is 0 Å². The minimum Gasteiger partial charge on any atom is -0.755 e. The molecule has 150 valence electrons. The van der Waals surface area contributed by atoms with E-state index in [-0.39, 0.29) is 17.0 Å². The zero-order valence-electron chi connectivity index (χ0n) is 15.2. The van der Waals surface area contributed by atoms with E-state index in [9.17, 15) is 23.1 Å². The van der Waals surface area contributed by atoms with E-state index in [0.29, 0.717) is 4.31 Å². The van der Waals surface area contributed by atoms with Gasteiger partial charge in [0, 0.05) is 11.3 Å². The van der Waals surface area contributed by atoms with Crippen LogP contribution >= 0.6 is 0 Å². The number of hydrogen-bond donors (Lipinski definition) is 1. The summed E-state index contributed by atoms with van der Waals surface area (Å²) in [6.07, 6.45) is 0. The fourth-order valence-electron chi connectivity index (χ4n) is 1.93. The molecule has 10 nitrogen and oxygen atoms in total. The molecular weight excluding hydrogens is 382 g/mol. The van der Waals surface area contributed by atoms with E-state index in [1.54, 1.807) is 20.8 Å². The van der Waals surface area contributed by atoms with Crippen molar-refractivity contribution in [3.63, 3.8) is 0 Å². The third kappa shape index (κ3) is 7.23. The highest BCUT2D eigenvalue weighted by Gasteiger charge is 2.23. The second-order valence-corrected chi connectivity index (χ2v) is 7.07. The molecule has 0 aromatic heterocycles. The molecule has 0 saturated heterocycles. The van der Waals surface area contributed by atoms with Crippen molar-refractivity contribution in [3.05, 3.63) is 23.8 Å². The molecule has 1 rings (SSSR count). The number of anilines is 1. The Morgan fingerprint density at radius 2 is 1.89 bits per heavy atom. The SMILES string of the molecule is COc1ccc(C(=O)OCC(=O)O)cc1N(CC(=O)OC(C)(C)C)S(=O)[O-]. The Morgan fingerprint density at radius 3 is 2.37 bits per heavy atom. The zero-order valence-corrected chi connectivity index (χ0v) is 16.0. The van der Waals surface area contributed by atoms with E-state index >= 15 is 0 Å². The Hall–Kier alpha value is -2.66. The first-order valence-electron chi connectivity index (χ1n) is 7.60. The van der Waals surface area contributed by atoms with Crippen LogP contribution in [0.4, 0.5) is 5.69 Å². The molecule has 0 bridgehead atoms. The van der Waals surface area contributed by atoms with Crippen molar-refractivity contribution in [1.82, 2.24) is 0 Å². The molecule has 1 aromatic carbocycles. The number of carboxylic acid groups (broad SMARTS) is 1. The van der Waals surface area contributed by atoms with Gasteiger partial charge in [0.15, 0.2) is 6.61 Å². The molecule has 1 aromatic rings. The smallest absolute Gasteiger partial charge is 0.341 e. The highest BCUT2D eigenvalue weighted by atomic mass is 32.2. The van der Waals surface area contributed by atoms with Crippen molar-refractivity contribution in [3.8, 4) is 5.75 Å². The van der Waals surface area contributed by atoms with Crippen LogP contribution in [0, 0.1) is 0 Å². The highest BCUT2D eigenvalue weighted by Crippen LogP contribution is 2.30. The molecule has 11 heteroatoms. The maximum atomic E-state index is 12.0. The number of carboxylic acids is 1. The maximum absolute atomic E-state index is 12.0. The summed E-state index contributed by atoms with van der Waals surface area (Å²) >= 11 is -2.89. The van der Waals surface area contributed by atoms with Gasteiger partial charge in [0.1, 0.15) is 17.9 Å². The molecule has 0 aliphatic rings. The molecule has 0 aliphatic heterocycles. The van der Waals surface area contributed by atoms with E-state index in [2.05, 4.69) is 4.74 Å². The Morgan fingerprint density at radius 1 is 1.26 bits per heavy atom. The maximum Gasteiger partial charge on any atom is 0.341 e. The van der Waals surface area contributed by atoms with Crippen LogP contribution in [-0.4, -0.2) is 57.6 Å². The minimum atomic E-state index is -2.89. The van der Waals surface area contributed by atoms with Crippen molar-refractivity contribution >= 4 is 34.9 Å². The van der Waals surface area contributed by atoms with Crippen LogP contribution in [0.1, 0.15) is 31.1 Å². The predicted molar refractivity (Wildman–Crippen MR) is 93.0 cm³/mol. The molecule has 0 heterocycles. The average molecular weight is 402 g/mol. The molecule has 1 N–H and O–H groups in total. The van der Waals surface area contributed by atoms with Crippen molar-refractivity contribution in [1.29, 1.82) is 0 Å². The lowest BCUT2D eigenvalue weighted by Crippen LogP contribution is -2.36. The molecule has 27 heavy (non-hydrogen) atoms. The largest absolute Gasteiger partial charge is 0.755 e. The molecule has 0 fully saturated rings. The lowest BCUT2D eigenvalue weighted by atomic mass is 10.2. The van der Waals surface area contributed by atoms with Gasteiger partial charge in [0.2, 0.25) is 0 Å². The summed E-state index contributed by atoms with van der Waals surface area (Å²) in [5.41, 5.74) is -1.05. The van der Waals surface area contributed by atoms with Crippen molar-refractivity contribution in [2.45, 2.75) is 26.4 Å². The number of ether oxygens (including phenoxy) is 3. The molecule has 0 amide bonds. The summed E-state index contributed by atoms with van der Waals surface area (Å²) in [4.78, 5) is 34.4. The number of carbonyl (C=O) groups excluding carboxylic acids is 2. The number of benzene rings is 1. The van der Waals surface area contributed by atoms with Crippen molar-refractivity contribution in [2.75, 3.05) is 24.6 Å². The van der Waals surface area contributed by atoms with Gasteiger partial charge in [-0.25, -0.2) is 9.59 Å². The summed E-state index contributed by atoms with van der Waals surface area (Å²) in [5, 5.41) is 8.56. The number of hydrogen-bond acceptors (Lipinski definition) is 8. The first kappa shape index (κ1) is 22.4. The van der Waals surface area contributed by atoms with Crippen LogP contribution in [0.2, 0.25) is 0 Å². The Bertz CT molecular complexity index is 742. The van der Waals surface area contributed by atoms with E-state index in [1.165, 1.54) is 19.2 Å². The standard InChI is InChI=1S/C16H21NO9S/c1-16(2,3)26-14(20)8-17(27(22)23)11-7-10(5-6-12(11)24-4)15(21)25-9-13(18)19/h5-7H,8-9H2,1-4H3,(H,18,19)(H,22,23)/p-1.